The van der Waals surface area contributed by atoms with E-state index in [1.165, 1.54) is 5.56 Å². The molecule has 2 aliphatic rings. The predicted octanol–water partition coefficient (Wildman–Crippen LogP) is 2.81. The third kappa shape index (κ3) is 2.35. The van der Waals surface area contributed by atoms with E-state index in [2.05, 4.69) is 13.0 Å². The summed E-state index contributed by atoms with van der Waals surface area (Å²) >= 11 is 0. The second-order valence-electron chi connectivity index (χ2n) is 7.23. The number of aryl methyl sites for hydroxylation is 2. The van der Waals surface area contributed by atoms with Crippen molar-refractivity contribution in [3.05, 3.63) is 28.8 Å². The molecule has 1 aromatic rings. The molecule has 1 aliphatic carbocycles. The van der Waals surface area contributed by atoms with Crippen LogP contribution >= 0.6 is 0 Å². The first-order chi connectivity index (χ1) is 9.71. The Morgan fingerprint density at radius 2 is 1.67 bits per heavy atom. The van der Waals surface area contributed by atoms with Crippen molar-refractivity contribution in [1.29, 1.82) is 0 Å². The normalized spacial score (nSPS) is 23.3. The molecular weight excluding hydrogens is 263 g/mol. The maximum atomic E-state index is 12.1. The minimum atomic E-state index is -0.393. The van der Waals surface area contributed by atoms with Gasteiger partial charge in [-0.2, -0.15) is 0 Å². The fraction of sp³-hybridized carbons (Fsp3) is 0.588. The Balaban J connectivity index is 2.01. The van der Waals surface area contributed by atoms with Crippen molar-refractivity contribution in [1.82, 2.24) is 0 Å². The number of carbonyl (C=O) groups excluding carboxylic acids is 1. The number of benzene rings is 1. The lowest BCUT2D eigenvalue weighted by molar-refractivity contribution is 0.00578. The Kier molecular flexibility index (Phi) is 3.30. The number of hydrogen-bond acceptors (Lipinski definition) is 3. The third-order valence-corrected chi connectivity index (χ3v) is 5.15. The summed E-state index contributed by atoms with van der Waals surface area (Å²) in [5.41, 5.74) is 3.44. The second kappa shape index (κ2) is 4.69. The number of Topliss-reactive ketones (excluding diaryl/α,β-unsaturated/α-hetero) is 1. The molecule has 0 N–H and O–H groups in total. The topological polar surface area (TPSA) is 35.5 Å². The van der Waals surface area contributed by atoms with Crippen molar-refractivity contribution in [2.45, 2.75) is 65.1 Å². The number of carbonyl (C=O) groups is 1. The van der Waals surface area contributed by atoms with Gasteiger partial charge in [0.1, 0.15) is 0 Å². The number of rotatable bonds is 1. The van der Waals surface area contributed by atoms with Crippen LogP contribution in [0.3, 0.4) is 0 Å². The van der Waals surface area contributed by atoms with Crippen molar-refractivity contribution >= 4 is 18.4 Å². The first-order valence-electron chi connectivity index (χ1n) is 7.73. The molecular formula is C17H23BO3. The second-order valence-corrected chi connectivity index (χ2v) is 7.23. The van der Waals surface area contributed by atoms with Crippen LogP contribution in [-0.4, -0.2) is 24.1 Å². The predicted molar refractivity (Wildman–Crippen MR) is 84.2 cm³/mol. The van der Waals surface area contributed by atoms with E-state index in [-0.39, 0.29) is 17.0 Å². The van der Waals surface area contributed by atoms with Crippen LogP contribution in [0.2, 0.25) is 0 Å². The highest BCUT2D eigenvalue weighted by Crippen LogP contribution is 2.37. The monoisotopic (exact) mass is 286 g/mol. The van der Waals surface area contributed by atoms with Gasteiger partial charge in [0.15, 0.2) is 5.78 Å². The van der Waals surface area contributed by atoms with E-state index in [4.69, 9.17) is 9.31 Å². The molecule has 1 saturated heterocycles. The van der Waals surface area contributed by atoms with Crippen LogP contribution in [-0.2, 0) is 15.7 Å². The molecule has 21 heavy (non-hydrogen) atoms. The molecule has 0 amide bonds. The van der Waals surface area contributed by atoms with Crippen LogP contribution in [0.15, 0.2) is 12.1 Å². The van der Waals surface area contributed by atoms with Crippen LogP contribution in [0, 0.1) is 6.92 Å². The van der Waals surface area contributed by atoms with Gasteiger partial charge in [-0.05, 0) is 58.5 Å². The molecule has 1 aliphatic heterocycles. The maximum Gasteiger partial charge on any atom is 0.495 e. The highest BCUT2D eigenvalue weighted by Gasteiger charge is 2.52. The molecule has 0 saturated carbocycles. The third-order valence-electron chi connectivity index (χ3n) is 5.15. The SMILES string of the molecule is Cc1cc2c(cc1B1OC(C)(C)C(C)(C)O1)C(=O)CCC2. The molecule has 1 heterocycles. The smallest absolute Gasteiger partial charge is 0.399 e. The lowest BCUT2D eigenvalue weighted by atomic mass is 9.73. The molecule has 1 fully saturated rings. The van der Waals surface area contributed by atoms with Gasteiger partial charge in [0.2, 0.25) is 0 Å². The summed E-state index contributed by atoms with van der Waals surface area (Å²) in [7, 11) is -0.393. The molecule has 0 atom stereocenters. The summed E-state index contributed by atoms with van der Waals surface area (Å²) in [6.45, 7) is 10.3. The van der Waals surface area contributed by atoms with Gasteiger partial charge in [0.05, 0.1) is 11.2 Å². The van der Waals surface area contributed by atoms with Crippen molar-refractivity contribution in [3.63, 3.8) is 0 Å². The van der Waals surface area contributed by atoms with Gasteiger partial charge >= 0.3 is 7.12 Å². The first-order valence-corrected chi connectivity index (χ1v) is 7.73. The van der Waals surface area contributed by atoms with Crippen LogP contribution in [0.1, 0.15) is 62.0 Å². The van der Waals surface area contributed by atoms with Crippen LogP contribution in [0.25, 0.3) is 0 Å². The maximum absolute atomic E-state index is 12.1. The van der Waals surface area contributed by atoms with Gasteiger partial charge in [-0.15, -0.1) is 0 Å². The molecule has 3 rings (SSSR count). The van der Waals surface area contributed by atoms with Crippen molar-refractivity contribution < 1.29 is 14.1 Å². The molecule has 112 valence electrons. The Bertz CT molecular complexity index is 588. The minimum Gasteiger partial charge on any atom is -0.399 e. The van der Waals surface area contributed by atoms with E-state index in [0.717, 1.165) is 29.4 Å². The lowest BCUT2D eigenvalue weighted by Gasteiger charge is -2.32. The standard InChI is InChI=1S/C17H23BO3/c1-11-9-12-7-6-8-15(19)13(12)10-14(11)18-20-16(2,3)17(4,5)21-18/h9-10H,6-8H2,1-5H3. The zero-order chi connectivity index (χ0) is 15.4. The van der Waals surface area contributed by atoms with E-state index < -0.39 is 7.12 Å². The summed E-state index contributed by atoms with van der Waals surface area (Å²) in [6, 6.07) is 4.13. The zero-order valence-electron chi connectivity index (χ0n) is 13.6. The molecule has 4 heteroatoms. The summed E-state index contributed by atoms with van der Waals surface area (Å²) in [4.78, 5) is 12.1. The van der Waals surface area contributed by atoms with Gasteiger partial charge < -0.3 is 9.31 Å². The molecule has 0 radical (unpaired) electrons. The molecule has 0 spiro atoms. The average molecular weight is 286 g/mol. The van der Waals surface area contributed by atoms with Gasteiger partial charge in [-0.25, -0.2) is 0 Å². The van der Waals surface area contributed by atoms with Crippen molar-refractivity contribution in [2.75, 3.05) is 0 Å². The van der Waals surface area contributed by atoms with Gasteiger partial charge in [-0.3, -0.25) is 4.79 Å². The van der Waals surface area contributed by atoms with Crippen LogP contribution in [0.5, 0.6) is 0 Å². The van der Waals surface area contributed by atoms with Crippen LogP contribution < -0.4 is 5.46 Å². The van der Waals surface area contributed by atoms with E-state index in [9.17, 15) is 4.79 Å². The first kappa shape index (κ1) is 14.8. The lowest BCUT2D eigenvalue weighted by Crippen LogP contribution is -2.41. The van der Waals surface area contributed by atoms with E-state index in [0.29, 0.717) is 6.42 Å². The minimum absolute atomic E-state index is 0.244. The van der Waals surface area contributed by atoms with E-state index in [1.54, 1.807) is 0 Å². The number of ketones is 1. The summed E-state index contributed by atoms with van der Waals surface area (Å²) in [5, 5.41) is 0. The van der Waals surface area contributed by atoms with Crippen LogP contribution in [0.4, 0.5) is 0 Å². The van der Waals surface area contributed by atoms with Crippen molar-refractivity contribution in [2.24, 2.45) is 0 Å². The largest absolute Gasteiger partial charge is 0.495 e. The van der Waals surface area contributed by atoms with E-state index >= 15 is 0 Å². The summed E-state index contributed by atoms with van der Waals surface area (Å²) in [5.74, 6) is 0.244. The van der Waals surface area contributed by atoms with Gasteiger partial charge in [0.25, 0.3) is 0 Å². The zero-order valence-corrected chi connectivity index (χ0v) is 13.6. The molecule has 0 aromatic heterocycles. The molecule has 0 bridgehead atoms. The van der Waals surface area contributed by atoms with Crippen molar-refractivity contribution in [3.8, 4) is 0 Å². The Hall–Kier alpha value is -1.13. The number of hydrogen-bond donors (Lipinski definition) is 0. The quantitative estimate of drug-likeness (QED) is 0.745. The van der Waals surface area contributed by atoms with E-state index in [1.807, 2.05) is 33.8 Å². The molecule has 1 aromatic carbocycles. The highest BCUT2D eigenvalue weighted by atomic mass is 16.7. The summed E-state index contributed by atoms with van der Waals surface area (Å²) in [6.07, 6.45) is 2.60. The molecule has 0 unspecified atom stereocenters. The summed E-state index contributed by atoms with van der Waals surface area (Å²) < 4.78 is 12.2. The highest BCUT2D eigenvalue weighted by molar-refractivity contribution is 6.62. The van der Waals surface area contributed by atoms with Gasteiger partial charge in [-0.1, -0.05) is 17.7 Å². The van der Waals surface area contributed by atoms with Gasteiger partial charge in [0, 0.05) is 12.0 Å². The molecule has 3 nitrogen and oxygen atoms in total. The Labute approximate surface area is 127 Å². The fourth-order valence-electron chi connectivity index (χ4n) is 3.05. The Morgan fingerprint density at radius 1 is 1.05 bits per heavy atom. The fourth-order valence-corrected chi connectivity index (χ4v) is 3.05. The number of fused-ring (bicyclic) bond motifs is 1. The Morgan fingerprint density at radius 3 is 2.29 bits per heavy atom. The average Bonchev–Trinajstić information content (AvgIpc) is 2.58.